The summed E-state index contributed by atoms with van der Waals surface area (Å²) in [7, 11) is 0. The van der Waals surface area contributed by atoms with Crippen molar-refractivity contribution >= 4 is 0 Å². The Kier molecular flexibility index (Phi) is 5.62. The summed E-state index contributed by atoms with van der Waals surface area (Å²) in [6.07, 6.45) is 0.556. The largest absolute Gasteiger partial charge is 0.487 e. The monoisotopic (exact) mass is 361 g/mol. The van der Waals surface area contributed by atoms with E-state index >= 15 is 0 Å². The highest BCUT2D eigenvalue weighted by atomic mass is 16.5. The quantitative estimate of drug-likeness (QED) is 0.653. The van der Waals surface area contributed by atoms with Crippen LogP contribution in [-0.4, -0.2) is 10.1 Å². The molecule has 3 rings (SSSR count). The van der Waals surface area contributed by atoms with E-state index in [9.17, 15) is 5.11 Å². The summed E-state index contributed by atoms with van der Waals surface area (Å²) in [5.74, 6) is 0.686. The molecular weight excluding hydrogens is 334 g/mol. The predicted octanol–water partition coefficient (Wildman–Crippen LogP) is 5.23. The summed E-state index contributed by atoms with van der Waals surface area (Å²) in [6.45, 7) is 8.42. The zero-order chi connectivity index (χ0) is 19.4. The lowest BCUT2D eigenvalue weighted by atomic mass is 9.81. The van der Waals surface area contributed by atoms with E-state index in [1.54, 1.807) is 0 Å². The highest BCUT2D eigenvalue weighted by Gasteiger charge is 2.34. The molecule has 0 aliphatic heterocycles. The van der Waals surface area contributed by atoms with Gasteiger partial charge in [-0.2, -0.15) is 0 Å². The summed E-state index contributed by atoms with van der Waals surface area (Å²) >= 11 is 0. The minimum Gasteiger partial charge on any atom is -0.487 e. The lowest BCUT2D eigenvalue weighted by Gasteiger charge is -2.31. The van der Waals surface area contributed by atoms with Crippen LogP contribution in [0.3, 0.4) is 0 Å². The normalized spacial score (nSPS) is 13.2. The van der Waals surface area contributed by atoms with Crippen LogP contribution in [0.4, 0.5) is 0 Å². The maximum Gasteiger partial charge on any atom is 0.130 e. The standard InChI is InChI=1S/C24H27NO2/c1-5-24(26,22-15-17(2)13-14-18(22)3)21-11-6-7-12-23(21)27-16-20-10-8-9-19(4)25-20/h6-15,26H,5,16H2,1-4H3. The Labute approximate surface area is 161 Å². The molecule has 1 heterocycles. The number of para-hydroxylation sites is 1. The van der Waals surface area contributed by atoms with Gasteiger partial charge in [0.15, 0.2) is 0 Å². The minimum absolute atomic E-state index is 0.366. The maximum absolute atomic E-state index is 11.7. The number of aliphatic hydroxyl groups is 1. The Morgan fingerprint density at radius 2 is 1.70 bits per heavy atom. The summed E-state index contributed by atoms with van der Waals surface area (Å²) in [5, 5.41) is 11.7. The Balaban J connectivity index is 1.99. The van der Waals surface area contributed by atoms with Crippen LogP contribution in [0.15, 0.2) is 60.7 Å². The molecule has 140 valence electrons. The van der Waals surface area contributed by atoms with Crippen molar-refractivity contribution < 1.29 is 9.84 Å². The Morgan fingerprint density at radius 3 is 2.44 bits per heavy atom. The summed E-state index contributed by atoms with van der Waals surface area (Å²) in [6, 6.07) is 19.8. The third-order valence-electron chi connectivity index (χ3n) is 5.00. The average Bonchev–Trinajstić information content (AvgIpc) is 2.68. The van der Waals surface area contributed by atoms with Gasteiger partial charge < -0.3 is 9.84 Å². The van der Waals surface area contributed by atoms with Gasteiger partial charge in [0, 0.05) is 11.3 Å². The fraction of sp³-hybridized carbons (Fsp3) is 0.292. The molecule has 1 aromatic heterocycles. The van der Waals surface area contributed by atoms with E-state index in [1.807, 2.05) is 70.2 Å². The van der Waals surface area contributed by atoms with Crippen molar-refractivity contribution in [3.8, 4) is 5.75 Å². The van der Waals surface area contributed by atoms with Crippen LogP contribution in [0.25, 0.3) is 0 Å². The van der Waals surface area contributed by atoms with Crippen molar-refractivity contribution in [1.29, 1.82) is 0 Å². The summed E-state index contributed by atoms with van der Waals surface area (Å²) in [5.41, 5.74) is 4.64. The van der Waals surface area contributed by atoms with Gasteiger partial charge in [0.2, 0.25) is 0 Å². The van der Waals surface area contributed by atoms with Gasteiger partial charge in [-0.1, -0.05) is 55.0 Å². The van der Waals surface area contributed by atoms with Crippen molar-refractivity contribution in [2.24, 2.45) is 0 Å². The van der Waals surface area contributed by atoms with Crippen molar-refractivity contribution in [2.45, 2.75) is 46.3 Å². The second kappa shape index (κ2) is 7.93. The van der Waals surface area contributed by atoms with E-state index < -0.39 is 5.60 Å². The highest BCUT2D eigenvalue weighted by Crippen LogP contribution is 2.40. The van der Waals surface area contributed by atoms with Gasteiger partial charge in [-0.3, -0.25) is 4.98 Å². The zero-order valence-electron chi connectivity index (χ0n) is 16.5. The number of aryl methyl sites for hydroxylation is 3. The van der Waals surface area contributed by atoms with Gasteiger partial charge in [-0.25, -0.2) is 0 Å². The maximum atomic E-state index is 11.7. The SMILES string of the molecule is CCC(O)(c1cc(C)ccc1C)c1ccccc1OCc1cccc(C)n1. The number of nitrogens with zero attached hydrogens (tertiary/aromatic N) is 1. The number of benzene rings is 2. The molecule has 27 heavy (non-hydrogen) atoms. The first-order valence-corrected chi connectivity index (χ1v) is 9.39. The smallest absolute Gasteiger partial charge is 0.130 e. The molecule has 0 aliphatic rings. The lowest BCUT2D eigenvalue weighted by molar-refractivity contribution is 0.0716. The van der Waals surface area contributed by atoms with E-state index in [0.717, 1.165) is 33.6 Å². The molecular formula is C24H27NO2. The first-order chi connectivity index (χ1) is 12.9. The summed E-state index contributed by atoms with van der Waals surface area (Å²) < 4.78 is 6.10. The van der Waals surface area contributed by atoms with Crippen molar-refractivity contribution in [3.05, 3.63) is 94.3 Å². The second-order valence-electron chi connectivity index (χ2n) is 7.09. The molecule has 2 aromatic carbocycles. The highest BCUT2D eigenvalue weighted by molar-refractivity contribution is 5.48. The third kappa shape index (κ3) is 4.04. The van der Waals surface area contributed by atoms with Crippen LogP contribution >= 0.6 is 0 Å². The molecule has 0 aliphatic carbocycles. The molecule has 0 saturated heterocycles. The number of hydrogen-bond donors (Lipinski definition) is 1. The fourth-order valence-electron chi connectivity index (χ4n) is 3.47. The van der Waals surface area contributed by atoms with Crippen LogP contribution in [0.5, 0.6) is 5.75 Å². The van der Waals surface area contributed by atoms with Crippen molar-refractivity contribution in [1.82, 2.24) is 4.98 Å². The minimum atomic E-state index is -1.10. The number of rotatable bonds is 6. The molecule has 0 radical (unpaired) electrons. The zero-order valence-corrected chi connectivity index (χ0v) is 16.5. The predicted molar refractivity (Wildman–Crippen MR) is 109 cm³/mol. The molecule has 0 fully saturated rings. The van der Waals surface area contributed by atoms with Crippen LogP contribution in [0, 0.1) is 20.8 Å². The van der Waals surface area contributed by atoms with E-state index in [1.165, 1.54) is 0 Å². The van der Waals surface area contributed by atoms with E-state index in [2.05, 4.69) is 23.2 Å². The molecule has 0 bridgehead atoms. The van der Waals surface area contributed by atoms with Crippen LogP contribution in [0.1, 0.15) is 47.0 Å². The molecule has 1 atom stereocenters. The van der Waals surface area contributed by atoms with Crippen molar-refractivity contribution in [3.63, 3.8) is 0 Å². The molecule has 3 nitrogen and oxygen atoms in total. The fourth-order valence-corrected chi connectivity index (χ4v) is 3.47. The second-order valence-corrected chi connectivity index (χ2v) is 7.09. The molecule has 1 N–H and O–H groups in total. The van der Waals surface area contributed by atoms with E-state index in [-0.39, 0.29) is 0 Å². The Bertz CT molecular complexity index is 935. The third-order valence-corrected chi connectivity index (χ3v) is 5.00. The van der Waals surface area contributed by atoms with Crippen LogP contribution < -0.4 is 4.74 Å². The van der Waals surface area contributed by atoms with Gasteiger partial charge in [0.05, 0.1) is 5.69 Å². The Hall–Kier alpha value is -2.65. The average molecular weight is 361 g/mol. The first-order valence-electron chi connectivity index (χ1n) is 9.39. The Morgan fingerprint density at radius 1 is 0.926 bits per heavy atom. The van der Waals surface area contributed by atoms with Gasteiger partial charge >= 0.3 is 0 Å². The van der Waals surface area contributed by atoms with Gasteiger partial charge in [-0.15, -0.1) is 0 Å². The molecule has 0 saturated carbocycles. The number of ether oxygens (including phenoxy) is 1. The first kappa shape index (κ1) is 19.1. The topological polar surface area (TPSA) is 42.4 Å². The number of pyridine rings is 1. The molecule has 3 aromatic rings. The number of hydrogen-bond acceptors (Lipinski definition) is 3. The van der Waals surface area contributed by atoms with Gasteiger partial charge in [0.25, 0.3) is 0 Å². The lowest BCUT2D eigenvalue weighted by Crippen LogP contribution is -2.28. The molecule has 0 spiro atoms. The molecule has 1 unspecified atom stereocenters. The van der Waals surface area contributed by atoms with E-state index in [0.29, 0.717) is 18.8 Å². The molecule has 3 heteroatoms. The molecule has 0 amide bonds. The van der Waals surface area contributed by atoms with Crippen LogP contribution in [-0.2, 0) is 12.2 Å². The van der Waals surface area contributed by atoms with Gasteiger partial charge in [-0.05, 0) is 56.5 Å². The van der Waals surface area contributed by atoms with Crippen LogP contribution in [0.2, 0.25) is 0 Å². The number of aromatic nitrogens is 1. The van der Waals surface area contributed by atoms with E-state index in [4.69, 9.17) is 4.74 Å². The van der Waals surface area contributed by atoms with Gasteiger partial charge in [0.1, 0.15) is 18.0 Å². The van der Waals surface area contributed by atoms with Crippen molar-refractivity contribution in [2.75, 3.05) is 0 Å². The summed E-state index contributed by atoms with van der Waals surface area (Å²) in [4.78, 5) is 4.50.